The molecule has 3 heteroatoms. The minimum atomic E-state index is -0.344. The Morgan fingerprint density at radius 2 is 1.79 bits per heavy atom. The lowest BCUT2D eigenvalue weighted by Gasteiger charge is -2.34. The van der Waals surface area contributed by atoms with Gasteiger partial charge in [-0.25, -0.2) is 0 Å². The molecular weight excluding hydrogens is 176 g/mol. The van der Waals surface area contributed by atoms with Crippen LogP contribution in [0.15, 0.2) is 0 Å². The molecule has 0 saturated carbocycles. The summed E-state index contributed by atoms with van der Waals surface area (Å²) in [6.07, 6.45) is 0.827. The molecule has 0 bridgehead atoms. The van der Waals surface area contributed by atoms with Gasteiger partial charge in [0.25, 0.3) is 0 Å². The average molecular weight is 200 g/mol. The Hall–Kier alpha value is -0.570. The first-order valence-electron chi connectivity index (χ1n) is 5.21. The van der Waals surface area contributed by atoms with Crippen molar-refractivity contribution in [1.82, 2.24) is 5.32 Å². The van der Waals surface area contributed by atoms with Crippen molar-refractivity contribution in [3.05, 3.63) is 0 Å². The topological polar surface area (TPSA) is 55.1 Å². The quantitative estimate of drug-likeness (QED) is 0.725. The summed E-state index contributed by atoms with van der Waals surface area (Å²) in [4.78, 5) is 11.8. The molecule has 0 rings (SSSR count). The number of amides is 1. The van der Waals surface area contributed by atoms with Crippen molar-refractivity contribution in [1.29, 1.82) is 0 Å². The lowest BCUT2D eigenvalue weighted by atomic mass is 9.87. The molecule has 0 spiro atoms. The number of hydrogen-bond acceptors (Lipinski definition) is 2. The van der Waals surface area contributed by atoms with E-state index in [0.717, 1.165) is 6.42 Å². The van der Waals surface area contributed by atoms with Gasteiger partial charge >= 0.3 is 0 Å². The molecule has 3 nitrogen and oxygen atoms in total. The summed E-state index contributed by atoms with van der Waals surface area (Å²) >= 11 is 0. The van der Waals surface area contributed by atoms with Crippen LogP contribution in [-0.4, -0.2) is 17.5 Å². The van der Waals surface area contributed by atoms with Gasteiger partial charge in [-0.15, -0.1) is 0 Å². The number of nitrogens with two attached hydrogens (primary N) is 1. The second kappa shape index (κ2) is 4.30. The van der Waals surface area contributed by atoms with Crippen molar-refractivity contribution in [3.8, 4) is 0 Å². The maximum atomic E-state index is 11.8. The van der Waals surface area contributed by atoms with Crippen LogP contribution in [0.4, 0.5) is 0 Å². The maximum Gasteiger partial charge on any atom is 0.226 e. The van der Waals surface area contributed by atoms with E-state index in [4.69, 9.17) is 5.73 Å². The van der Waals surface area contributed by atoms with Crippen LogP contribution >= 0.6 is 0 Å². The highest BCUT2D eigenvalue weighted by Gasteiger charge is 2.32. The molecule has 0 aliphatic rings. The zero-order chi connectivity index (χ0) is 11.6. The lowest BCUT2D eigenvalue weighted by Crippen LogP contribution is -2.57. The third-order valence-corrected chi connectivity index (χ3v) is 3.07. The van der Waals surface area contributed by atoms with E-state index in [1.165, 1.54) is 0 Å². The second-order valence-electron chi connectivity index (χ2n) is 5.20. The van der Waals surface area contributed by atoms with Gasteiger partial charge in [0.2, 0.25) is 5.91 Å². The van der Waals surface area contributed by atoms with Crippen molar-refractivity contribution < 1.29 is 4.79 Å². The average Bonchev–Trinajstić information content (AvgIpc) is 2.03. The van der Waals surface area contributed by atoms with E-state index in [1.54, 1.807) is 0 Å². The standard InChI is InChI=1S/C11H24N2O/c1-7-10(3,4)9(14)13-11(5,6)8(2)12/h8H,7,12H2,1-6H3,(H,13,14). The minimum Gasteiger partial charge on any atom is -0.349 e. The fourth-order valence-electron chi connectivity index (χ4n) is 0.736. The molecule has 1 atom stereocenters. The molecule has 0 aromatic carbocycles. The van der Waals surface area contributed by atoms with E-state index < -0.39 is 0 Å². The monoisotopic (exact) mass is 200 g/mol. The van der Waals surface area contributed by atoms with Gasteiger partial charge in [0.15, 0.2) is 0 Å². The van der Waals surface area contributed by atoms with Crippen LogP contribution < -0.4 is 11.1 Å². The van der Waals surface area contributed by atoms with E-state index in [0.29, 0.717) is 0 Å². The fourth-order valence-corrected chi connectivity index (χ4v) is 0.736. The van der Waals surface area contributed by atoms with Gasteiger partial charge in [-0.05, 0) is 27.2 Å². The Morgan fingerprint density at radius 1 is 1.36 bits per heavy atom. The maximum absolute atomic E-state index is 11.8. The molecule has 0 aromatic heterocycles. The van der Waals surface area contributed by atoms with Crippen LogP contribution in [0.1, 0.15) is 48.0 Å². The summed E-state index contributed by atoms with van der Waals surface area (Å²) in [5.74, 6) is 0.0716. The van der Waals surface area contributed by atoms with Crippen LogP contribution in [0.25, 0.3) is 0 Å². The Labute approximate surface area is 87.4 Å². The first-order valence-corrected chi connectivity index (χ1v) is 5.21. The molecule has 0 aliphatic carbocycles. The molecule has 0 aromatic rings. The first kappa shape index (κ1) is 13.4. The third kappa shape index (κ3) is 3.29. The molecule has 0 radical (unpaired) electrons. The highest BCUT2D eigenvalue weighted by atomic mass is 16.2. The number of carbonyl (C=O) groups excluding carboxylic acids is 1. The van der Waals surface area contributed by atoms with Crippen molar-refractivity contribution in [3.63, 3.8) is 0 Å². The zero-order valence-electron chi connectivity index (χ0n) is 10.3. The molecular formula is C11H24N2O. The van der Waals surface area contributed by atoms with E-state index >= 15 is 0 Å². The van der Waals surface area contributed by atoms with Gasteiger partial charge in [-0.2, -0.15) is 0 Å². The fraction of sp³-hybridized carbons (Fsp3) is 0.909. The van der Waals surface area contributed by atoms with E-state index in [1.807, 2.05) is 41.5 Å². The van der Waals surface area contributed by atoms with Gasteiger partial charge in [0.1, 0.15) is 0 Å². The van der Waals surface area contributed by atoms with Crippen molar-refractivity contribution in [2.45, 2.75) is 59.5 Å². The number of nitrogens with one attached hydrogen (secondary N) is 1. The van der Waals surface area contributed by atoms with Gasteiger partial charge in [-0.1, -0.05) is 20.8 Å². The Kier molecular flexibility index (Phi) is 4.13. The molecule has 14 heavy (non-hydrogen) atoms. The molecule has 1 unspecified atom stereocenters. The number of hydrogen-bond donors (Lipinski definition) is 2. The van der Waals surface area contributed by atoms with E-state index in [-0.39, 0.29) is 22.9 Å². The smallest absolute Gasteiger partial charge is 0.226 e. The molecule has 0 saturated heterocycles. The third-order valence-electron chi connectivity index (χ3n) is 3.07. The van der Waals surface area contributed by atoms with Crippen LogP contribution in [0, 0.1) is 5.41 Å². The first-order chi connectivity index (χ1) is 6.13. The van der Waals surface area contributed by atoms with Crippen molar-refractivity contribution in [2.75, 3.05) is 0 Å². The van der Waals surface area contributed by atoms with Crippen LogP contribution in [-0.2, 0) is 4.79 Å². The van der Waals surface area contributed by atoms with Crippen molar-refractivity contribution >= 4 is 5.91 Å². The van der Waals surface area contributed by atoms with Crippen LogP contribution in [0.3, 0.4) is 0 Å². The summed E-state index contributed by atoms with van der Waals surface area (Å²) in [5.41, 5.74) is 5.13. The van der Waals surface area contributed by atoms with Crippen LogP contribution in [0.2, 0.25) is 0 Å². The molecule has 1 amide bonds. The number of carbonyl (C=O) groups is 1. The Morgan fingerprint density at radius 3 is 2.07 bits per heavy atom. The normalized spacial score (nSPS) is 15.1. The predicted octanol–water partition coefficient (Wildman–Crippen LogP) is 1.66. The summed E-state index contributed by atoms with van der Waals surface area (Å²) in [5, 5.41) is 2.98. The Balaban J connectivity index is 4.48. The SMILES string of the molecule is CCC(C)(C)C(=O)NC(C)(C)C(C)N. The summed E-state index contributed by atoms with van der Waals surface area (Å²) in [6.45, 7) is 11.7. The highest BCUT2D eigenvalue weighted by molar-refractivity contribution is 5.82. The van der Waals surface area contributed by atoms with Gasteiger partial charge < -0.3 is 11.1 Å². The number of rotatable bonds is 4. The Bertz CT molecular complexity index is 207. The summed E-state index contributed by atoms with van der Waals surface area (Å²) in [6, 6.07) is -0.0564. The van der Waals surface area contributed by atoms with E-state index in [2.05, 4.69) is 5.32 Å². The van der Waals surface area contributed by atoms with Crippen LogP contribution in [0.5, 0.6) is 0 Å². The highest BCUT2D eigenvalue weighted by Crippen LogP contribution is 2.21. The summed E-state index contributed by atoms with van der Waals surface area (Å²) < 4.78 is 0. The van der Waals surface area contributed by atoms with Gasteiger partial charge in [0.05, 0.1) is 0 Å². The summed E-state index contributed by atoms with van der Waals surface area (Å²) in [7, 11) is 0. The zero-order valence-corrected chi connectivity index (χ0v) is 10.3. The molecule has 0 aliphatic heterocycles. The van der Waals surface area contributed by atoms with E-state index in [9.17, 15) is 4.79 Å². The lowest BCUT2D eigenvalue weighted by molar-refractivity contribution is -0.131. The van der Waals surface area contributed by atoms with Gasteiger partial charge in [0, 0.05) is 17.0 Å². The predicted molar refractivity (Wildman–Crippen MR) is 59.9 cm³/mol. The molecule has 0 fully saturated rings. The molecule has 84 valence electrons. The van der Waals surface area contributed by atoms with Crippen molar-refractivity contribution in [2.24, 2.45) is 11.1 Å². The molecule has 3 N–H and O–H groups in total. The molecule has 0 heterocycles. The minimum absolute atomic E-state index is 0.0564. The van der Waals surface area contributed by atoms with Gasteiger partial charge in [-0.3, -0.25) is 4.79 Å². The second-order valence-corrected chi connectivity index (χ2v) is 5.20. The largest absolute Gasteiger partial charge is 0.349 e.